The smallest absolute Gasteiger partial charge is 0.339 e. The fourth-order valence-electron chi connectivity index (χ4n) is 2.21. The molecule has 0 heterocycles. The number of carbonyl (C=O) groups excluding carboxylic acids is 2. The van der Waals surface area contributed by atoms with Crippen molar-refractivity contribution in [3.63, 3.8) is 0 Å². The second kappa shape index (κ2) is 7.78. The number of Topliss-reactive ketones (excluding diaryl/α,β-unsaturated/α-hetero) is 2. The van der Waals surface area contributed by atoms with E-state index >= 15 is 0 Å². The molecule has 0 amide bonds. The summed E-state index contributed by atoms with van der Waals surface area (Å²) in [5.74, 6) is -2.28. The zero-order valence-corrected chi connectivity index (χ0v) is 12.1. The molecule has 4 nitrogen and oxygen atoms in total. The van der Waals surface area contributed by atoms with Crippen LogP contribution in [0.1, 0.15) is 46.0 Å². The van der Waals surface area contributed by atoms with Crippen LogP contribution < -0.4 is 0 Å². The Hall–Kier alpha value is -1.71. The van der Waals surface area contributed by atoms with Crippen LogP contribution in [-0.2, 0) is 14.4 Å². The van der Waals surface area contributed by atoms with E-state index in [1.54, 1.807) is 0 Å². The number of rotatable bonds is 8. The van der Waals surface area contributed by atoms with Gasteiger partial charge in [0.25, 0.3) is 0 Å². The maximum absolute atomic E-state index is 12.0. The molecule has 0 saturated heterocycles. The number of hydrogen-bond acceptors (Lipinski definition) is 3. The molecule has 1 aliphatic rings. The Labute approximate surface area is 119 Å². The van der Waals surface area contributed by atoms with Crippen LogP contribution in [0.4, 0.5) is 0 Å². The summed E-state index contributed by atoms with van der Waals surface area (Å²) < 4.78 is 0. The lowest BCUT2D eigenvalue weighted by atomic mass is 9.87. The van der Waals surface area contributed by atoms with Crippen molar-refractivity contribution in [2.24, 2.45) is 11.8 Å². The highest BCUT2D eigenvalue weighted by Crippen LogP contribution is 2.19. The van der Waals surface area contributed by atoms with Crippen LogP contribution in [0.25, 0.3) is 0 Å². The number of hydrogen-bond donors (Lipinski definition) is 1. The van der Waals surface area contributed by atoms with E-state index in [0.717, 1.165) is 25.7 Å². The number of ketones is 2. The summed E-state index contributed by atoms with van der Waals surface area (Å²) in [6, 6.07) is 0. The maximum Gasteiger partial charge on any atom is 0.339 e. The molecular formula is C16H22O4. The Morgan fingerprint density at radius 1 is 1.25 bits per heavy atom. The maximum atomic E-state index is 12.0. The van der Waals surface area contributed by atoms with Gasteiger partial charge in [0, 0.05) is 6.42 Å². The number of carboxylic acid groups (broad SMARTS) is 1. The van der Waals surface area contributed by atoms with E-state index in [-0.39, 0.29) is 11.4 Å². The molecule has 20 heavy (non-hydrogen) atoms. The zero-order valence-electron chi connectivity index (χ0n) is 12.1. The van der Waals surface area contributed by atoms with Crippen LogP contribution in [0.15, 0.2) is 23.8 Å². The lowest BCUT2D eigenvalue weighted by Crippen LogP contribution is -2.28. The molecule has 1 N–H and O–H groups in total. The van der Waals surface area contributed by atoms with E-state index in [9.17, 15) is 14.4 Å². The molecule has 0 saturated carbocycles. The molecule has 110 valence electrons. The summed E-state index contributed by atoms with van der Waals surface area (Å²) in [5, 5.41) is 8.87. The number of carbonyl (C=O) groups is 3. The van der Waals surface area contributed by atoms with Crippen LogP contribution in [0, 0.1) is 11.8 Å². The van der Waals surface area contributed by atoms with Gasteiger partial charge in [-0.2, -0.15) is 0 Å². The van der Waals surface area contributed by atoms with Gasteiger partial charge in [-0.15, -0.1) is 0 Å². The number of aliphatic carboxylic acids is 1. The third kappa shape index (κ3) is 4.76. The van der Waals surface area contributed by atoms with E-state index < -0.39 is 17.7 Å². The number of carboxylic acids is 1. The molecule has 1 unspecified atom stereocenters. The van der Waals surface area contributed by atoms with Crippen LogP contribution in [0.2, 0.25) is 0 Å². The molecule has 0 radical (unpaired) electrons. The van der Waals surface area contributed by atoms with Crippen molar-refractivity contribution in [3.8, 4) is 0 Å². The van der Waals surface area contributed by atoms with Crippen molar-refractivity contribution < 1.29 is 19.5 Å². The third-order valence-electron chi connectivity index (χ3n) is 3.40. The Bertz CT molecular complexity index is 443. The van der Waals surface area contributed by atoms with Crippen LogP contribution in [-0.4, -0.2) is 22.6 Å². The first-order valence-electron chi connectivity index (χ1n) is 7.12. The standard InChI is InChI=1S/C16H22O4/c1-11(2)7-4-3-5-10-14(17)12-8-6-9-13(15(12)18)16(19)20/h6,8-9,11-12H,3-5,7,10H2,1-2H3,(H,19,20). The normalized spacial score (nSPS) is 18.2. The van der Waals surface area contributed by atoms with Gasteiger partial charge in [0.15, 0.2) is 5.78 Å². The van der Waals surface area contributed by atoms with E-state index in [1.807, 2.05) is 0 Å². The molecule has 0 aromatic heterocycles. The highest BCUT2D eigenvalue weighted by molar-refractivity contribution is 6.24. The Kier molecular flexibility index (Phi) is 6.36. The Balaban J connectivity index is 2.41. The van der Waals surface area contributed by atoms with Gasteiger partial charge in [0.1, 0.15) is 11.4 Å². The molecule has 4 heteroatoms. The first-order valence-corrected chi connectivity index (χ1v) is 7.12. The van der Waals surface area contributed by atoms with Crippen molar-refractivity contribution in [2.75, 3.05) is 0 Å². The first-order chi connectivity index (χ1) is 9.43. The van der Waals surface area contributed by atoms with Crippen LogP contribution >= 0.6 is 0 Å². The number of allylic oxidation sites excluding steroid dienone is 3. The lowest BCUT2D eigenvalue weighted by Gasteiger charge is -2.14. The van der Waals surface area contributed by atoms with Gasteiger partial charge < -0.3 is 5.11 Å². The van der Waals surface area contributed by atoms with Crippen molar-refractivity contribution in [3.05, 3.63) is 23.8 Å². The number of unbranched alkanes of at least 4 members (excludes halogenated alkanes) is 2. The second-order valence-electron chi connectivity index (χ2n) is 5.57. The predicted octanol–water partition coefficient (Wildman–Crippen LogP) is 2.93. The largest absolute Gasteiger partial charge is 0.478 e. The van der Waals surface area contributed by atoms with Gasteiger partial charge >= 0.3 is 5.97 Å². The molecule has 0 fully saturated rings. The average Bonchev–Trinajstić information content (AvgIpc) is 2.37. The van der Waals surface area contributed by atoms with E-state index in [2.05, 4.69) is 13.8 Å². The Morgan fingerprint density at radius 2 is 1.95 bits per heavy atom. The predicted molar refractivity (Wildman–Crippen MR) is 76.3 cm³/mol. The Morgan fingerprint density at radius 3 is 2.55 bits per heavy atom. The summed E-state index contributed by atoms with van der Waals surface area (Å²) >= 11 is 0. The summed E-state index contributed by atoms with van der Waals surface area (Å²) in [6.45, 7) is 4.33. The van der Waals surface area contributed by atoms with E-state index in [1.165, 1.54) is 18.2 Å². The molecule has 0 bridgehead atoms. The van der Waals surface area contributed by atoms with Crippen LogP contribution in [0.5, 0.6) is 0 Å². The zero-order chi connectivity index (χ0) is 15.1. The highest BCUT2D eigenvalue weighted by Gasteiger charge is 2.30. The quantitative estimate of drug-likeness (QED) is 0.421. The SMILES string of the molecule is CC(C)CCCCCC(=O)C1C=CC=C(C(=O)O)C1=O. The summed E-state index contributed by atoms with van der Waals surface area (Å²) in [5.41, 5.74) is -0.300. The molecule has 0 spiro atoms. The molecule has 1 atom stereocenters. The summed E-state index contributed by atoms with van der Waals surface area (Å²) in [7, 11) is 0. The molecule has 0 aromatic rings. The fourth-order valence-corrected chi connectivity index (χ4v) is 2.21. The van der Waals surface area contributed by atoms with Gasteiger partial charge in [-0.25, -0.2) is 4.79 Å². The van der Waals surface area contributed by atoms with Gasteiger partial charge in [-0.1, -0.05) is 45.3 Å². The van der Waals surface area contributed by atoms with Crippen molar-refractivity contribution in [1.82, 2.24) is 0 Å². The minimum Gasteiger partial charge on any atom is -0.478 e. The monoisotopic (exact) mass is 278 g/mol. The van der Waals surface area contributed by atoms with Crippen LogP contribution in [0.3, 0.4) is 0 Å². The second-order valence-corrected chi connectivity index (χ2v) is 5.57. The molecule has 0 aliphatic heterocycles. The first kappa shape index (κ1) is 16.3. The minimum atomic E-state index is -1.27. The molecule has 1 rings (SSSR count). The van der Waals surface area contributed by atoms with Gasteiger partial charge in [-0.05, 0) is 18.4 Å². The molecule has 0 aromatic carbocycles. The van der Waals surface area contributed by atoms with Gasteiger partial charge in [-0.3, -0.25) is 9.59 Å². The fraction of sp³-hybridized carbons (Fsp3) is 0.562. The summed E-state index contributed by atoms with van der Waals surface area (Å²) in [6.07, 6.45) is 8.51. The van der Waals surface area contributed by atoms with Gasteiger partial charge in [0.05, 0.1) is 5.92 Å². The minimum absolute atomic E-state index is 0.178. The average molecular weight is 278 g/mol. The molecule has 1 aliphatic carbocycles. The van der Waals surface area contributed by atoms with Gasteiger partial charge in [0.2, 0.25) is 0 Å². The summed E-state index contributed by atoms with van der Waals surface area (Å²) in [4.78, 5) is 34.7. The molecular weight excluding hydrogens is 256 g/mol. The highest BCUT2D eigenvalue weighted by atomic mass is 16.4. The van der Waals surface area contributed by atoms with Crippen molar-refractivity contribution in [2.45, 2.75) is 46.0 Å². The third-order valence-corrected chi connectivity index (χ3v) is 3.40. The topological polar surface area (TPSA) is 71.4 Å². The van der Waals surface area contributed by atoms with E-state index in [4.69, 9.17) is 5.11 Å². The lowest BCUT2D eigenvalue weighted by molar-refractivity contribution is -0.136. The van der Waals surface area contributed by atoms with Crippen molar-refractivity contribution >= 4 is 17.5 Å². The van der Waals surface area contributed by atoms with Crippen molar-refractivity contribution in [1.29, 1.82) is 0 Å². The van der Waals surface area contributed by atoms with E-state index in [0.29, 0.717) is 12.3 Å².